The summed E-state index contributed by atoms with van der Waals surface area (Å²) < 4.78 is 6.45. The first-order chi connectivity index (χ1) is 9.97. The minimum Gasteiger partial charge on any atom is -0.408 e. The van der Waals surface area contributed by atoms with Crippen molar-refractivity contribution in [3.8, 4) is 0 Å². The average molecular weight is 303 g/mol. The van der Waals surface area contributed by atoms with Crippen molar-refractivity contribution in [2.24, 2.45) is 7.05 Å². The number of oxazole rings is 1. The van der Waals surface area contributed by atoms with Gasteiger partial charge in [-0.05, 0) is 36.4 Å². The molecule has 106 valence electrons. The molecule has 6 heteroatoms. The Labute approximate surface area is 124 Å². The van der Waals surface area contributed by atoms with Crippen LogP contribution in [0.4, 0.5) is 5.69 Å². The maximum Gasteiger partial charge on any atom is 0.419 e. The summed E-state index contributed by atoms with van der Waals surface area (Å²) in [6.07, 6.45) is 0. The maximum atomic E-state index is 12.5. The molecule has 0 saturated carbocycles. The molecule has 3 rings (SSSR count). The molecule has 0 spiro atoms. The van der Waals surface area contributed by atoms with Gasteiger partial charge in [-0.2, -0.15) is 0 Å². The third-order valence-electron chi connectivity index (χ3n) is 3.31. The molecule has 0 aliphatic carbocycles. The van der Waals surface area contributed by atoms with E-state index in [1.54, 1.807) is 31.3 Å². The van der Waals surface area contributed by atoms with Gasteiger partial charge in [-0.1, -0.05) is 11.6 Å². The van der Waals surface area contributed by atoms with Crippen molar-refractivity contribution in [3.63, 3.8) is 0 Å². The lowest BCUT2D eigenvalue weighted by Gasteiger charge is -2.05. The Bertz CT molecular complexity index is 924. The summed E-state index contributed by atoms with van der Waals surface area (Å²) in [6, 6.07) is 9.54. The number of nitrogen functional groups attached to an aromatic ring is 1. The van der Waals surface area contributed by atoms with E-state index >= 15 is 0 Å². The molecule has 0 aliphatic heterocycles. The summed E-state index contributed by atoms with van der Waals surface area (Å²) in [5, 5.41) is 0.466. The molecule has 0 fully saturated rings. The van der Waals surface area contributed by atoms with Crippen LogP contribution in [0.3, 0.4) is 0 Å². The van der Waals surface area contributed by atoms with Gasteiger partial charge in [0.1, 0.15) is 0 Å². The number of nitrogens with zero attached hydrogens (tertiary/aromatic N) is 1. The number of aryl methyl sites for hydroxylation is 1. The van der Waals surface area contributed by atoms with E-state index in [0.29, 0.717) is 32.9 Å². The first-order valence-electron chi connectivity index (χ1n) is 6.16. The fourth-order valence-electron chi connectivity index (χ4n) is 2.17. The van der Waals surface area contributed by atoms with Crippen LogP contribution in [0.15, 0.2) is 45.6 Å². The van der Waals surface area contributed by atoms with Crippen LogP contribution < -0.4 is 11.5 Å². The fraction of sp³-hybridized carbons (Fsp3) is 0.0667. The SMILES string of the molecule is Cn1c(=O)oc2cc(C(=O)c3ccc(Cl)cc3N)ccc21. The van der Waals surface area contributed by atoms with E-state index in [4.69, 9.17) is 21.8 Å². The van der Waals surface area contributed by atoms with Gasteiger partial charge in [0.15, 0.2) is 11.4 Å². The number of benzene rings is 2. The van der Waals surface area contributed by atoms with Gasteiger partial charge in [-0.25, -0.2) is 4.79 Å². The summed E-state index contributed by atoms with van der Waals surface area (Å²) in [7, 11) is 1.60. The molecule has 1 aromatic heterocycles. The number of anilines is 1. The molecule has 0 unspecified atom stereocenters. The molecule has 0 radical (unpaired) electrons. The summed E-state index contributed by atoms with van der Waals surface area (Å²) in [5.74, 6) is -0.724. The zero-order valence-electron chi connectivity index (χ0n) is 11.1. The first kappa shape index (κ1) is 13.5. The third kappa shape index (κ3) is 2.21. The Morgan fingerprint density at radius 2 is 2.00 bits per heavy atom. The second-order valence-electron chi connectivity index (χ2n) is 4.67. The molecule has 0 saturated heterocycles. The molecule has 0 aliphatic rings. The second kappa shape index (κ2) is 4.79. The minimum atomic E-state index is -0.472. The van der Waals surface area contributed by atoms with Gasteiger partial charge < -0.3 is 10.2 Å². The second-order valence-corrected chi connectivity index (χ2v) is 5.11. The number of nitrogens with two attached hydrogens (primary N) is 1. The summed E-state index contributed by atoms with van der Waals surface area (Å²) in [6.45, 7) is 0. The number of halogens is 1. The van der Waals surface area contributed by atoms with Crippen LogP contribution in [-0.2, 0) is 7.05 Å². The van der Waals surface area contributed by atoms with E-state index < -0.39 is 5.76 Å². The number of rotatable bonds is 2. The standard InChI is InChI=1S/C15H11ClN2O3/c1-18-12-5-2-8(6-13(12)21-15(18)20)14(19)10-4-3-9(16)7-11(10)17/h2-7H,17H2,1H3. The van der Waals surface area contributed by atoms with E-state index in [0.717, 1.165) is 0 Å². The normalized spacial score (nSPS) is 11.0. The maximum absolute atomic E-state index is 12.5. The van der Waals surface area contributed by atoms with Crippen molar-refractivity contribution in [1.82, 2.24) is 4.57 Å². The highest BCUT2D eigenvalue weighted by Gasteiger charge is 2.15. The van der Waals surface area contributed by atoms with Crippen molar-refractivity contribution in [2.45, 2.75) is 0 Å². The number of aromatic nitrogens is 1. The number of hydrogen-bond donors (Lipinski definition) is 1. The molecular formula is C15H11ClN2O3. The predicted molar refractivity (Wildman–Crippen MR) is 80.8 cm³/mol. The van der Waals surface area contributed by atoms with Crippen molar-refractivity contribution < 1.29 is 9.21 Å². The summed E-state index contributed by atoms with van der Waals surface area (Å²) >= 11 is 5.82. The number of carbonyl (C=O) groups is 1. The fourth-order valence-corrected chi connectivity index (χ4v) is 2.35. The van der Waals surface area contributed by atoms with Crippen LogP contribution in [0.25, 0.3) is 11.1 Å². The highest BCUT2D eigenvalue weighted by Crippen LogP contribution is 2.23. The van der Waals surface area contributed by atoms with Crippen molar-refractivity contribution >= 4 is 34.2 Å². The lowest BCUT2D eigenvalue weighted by molar-refractivity contribution is 0.103. The molecule has 21 heavy (non-hydrogen) atoms. The smallest absolute Gasteiger partial charge is 0.408 e. The van der Waals surface area contributed by atoms with Gasteiger partial charge in [-0.15, -0.1) is 0 Å². The molecule has 0 atom stereocenters. The number of ketones is 1. The number of carbonyl (C=O) groups excluding carboxylic acids is 1. The quantitative estimate of drug-likeness (QED) is 0.583. The molecule has 3 aromatic rings. The molecule has 2 N–H and O–H groups in total. The third-order valence-corrected chi connectivity index (χ3v) is 3.55. The van der Waals surface area contributed by atoms with Gasteiger partial charge in [-0.3, -0.25) is 9.36 Å². The van der Waals surface area contributed by atoms with Gasteiger partial charge in [0.25, 0.3) is 0 Å². The Morgan fingerprint density at radius 1 is 1.24 bits per heavy atom. The Morgan fingerprint density at radius 3 is 2.71 bits per heavy atom. The largest absolute Gasteiger partial charge is 0.419 e. The Balaban J connectivity index is 2.11. The topological polar surface area (TPSA) is 78.2 Å². The van der Waals surface area contributed by atoms with Crippen LogP contribution in [-0.4, -0.2) is 10.4 Å². The molecular weight excluding hydrogens is 292 g/mol. The zero-order valence-corrected chi connectivity index (χ0v) is 11.8. The Hall–Kier alpha value is -2.53. The van der Waals surface area contributed by atoms with E-state index in [2.05, 4.69) is 0 Å². The lowest BCUT2D eigenvalue weighted by atomic mass is 10.0. The molecule has 2 aromatic carbocycles. The van der Waals surface area contributed by atoms with Crippen molar-refractivity contribution in [1.29, 1.82) is 0 Å². The van der Waals surface area contributed by atoms with Gasteiger partial charge in [0, 0.05) is 28.9 Å². The number of hydrogen-bond acceptors (Lipinski definition) is 4. The minimum absolute atomic E-state index is 0.252. The molecule has 0 bridgehead atoms. The van der Waals surface area contributed by atoms with Gasteiger partial charge in [0.05, 0.1) is 5.52 Å². The predicted octanol–water partition coefficient (Wildman–Crippen LogP) is 2.60. The summed E-state index contributed by atoms with van der Waals surface area (Å²) in [4.78, 5) is 23.9. The zero-order chi connectivity index (χ0) is 15.1. The van der Waals surface area contributed by atoms with Crippen molar-refractivity contribution in [2.75, 3.05) is 5.73 Å². The average Bonchev–Trinajstić information content (AvgIpc) is 2.73. The Kier molecular flexibility index (Phi) is 3.07. The van der Waals surface area contributed by atoms with Crippen LogP contribution in [0.5, 0.6) is 0 Å². The van der Waals surface area contributed by atoms with Gasteiger partial charge >= 0.3 is 5.76 Å². The van der Waals surface area contributed by atoms with Crippen LogP contribution in [0.2, 0.25) is 5.02 Å². The van der Waals surface area contributed by atoms with E-state index in [9.17, 15) is 9.59 Å². The molecule has 0 amide bonds. The van der Waals surface area contributed by atoms with E-state index in [1.807, 2.05) is 0 Å². The lowest BCUT2D eigenvalue weighted by Crippen LogP contribution is -2.08. The van der Waals surface area contributed by atoms with E-state index in [1.165, 1.54) is 16.7 Å². The summed E-state index contributed by atoms with van der Waals surface area (Å²) in [5.41, 5.74) is 7.87. The van der Waals surface area contributed by atoms with Gasteiger partial charge in [0.2, 0.25) is 0 Å². The van der Waals surface area contributed by atoms with Crippen molar-refractivity contribution in [3.05, 3.63) is 63.1 Å². The van der Waals surface area contributed by atoms with Crippen LogP contribution in [0, 0.1) is 0 Å². The molecule has 5 nitrogen and oxygen atoms in total. The highest BCUT2D eigenvalue weighted by molar-refractivity contribution is 6.31. The monoisotopic (exact) mass is 302 g/mol. The van der Waals surface area contributed by atoms with E-state index in [-0.39, 0.29) is 5.78 Å². The molecule has 1 heterocycles. The number of fused-ring (bicyclic) bond motifs is 1. The first-order valence-corrected chi connectivity index (χ1v) is 6.54. The van der Waals surface area contributed by atoms with Crippen LogP contribution in [0.1, 0.15) is 15.9 Å². The van der Waals surface area contributed by atoms with Crippen LogP contribution >= 0.6 is 11.6 Å². The highest BCUT2D eigenvalue weighted by atomic mass is 35.5.